The highest BCUT2D eigenvalue weighted by molar-refractivity contribution is 5.83. The molecule has 1 aliphatic carbocycles. The van der Waals surface area contributed by atoms with E-state index in [9.17, 15) is 0 Å². The van der Waals surface area contributed by atoms with Crippen LogP contribution in [0.15, 0.2) is 176 Å². The van der Waals surface area contributed by atoms with Crippen LogP contribution in [-0.2, 0) is 5.41 Å². The van der Waals surface area contributed by atoms with E-state index in [-0.39, 0.29) is 5.41 Å². The lowest BCUT2D eigenvalue weighted by molar-refractivity contribution is 0.660. The summed E-state index contributed by atoms with van der Waals surface area (Å²) in [6, 6.07) is 62.1. The highest BCUT2D eigenvalue weighted by atomic mass is 15.0. The Morgan fingerprint density at radius 3 is 1.29 bits per heavy atom. The van der Waals surface area contributed by atoms with Crippen LogP contribution in [0.25, 0.3) is 78.7 Å². The van der Waals surface area contributed by atoms with Crippen molar-refractivity contribution in [3.05, 3.63) is 187 Å². The lowest BCUT2D eigenvalue weighted by atomic mass is 9.82. The van der Waals surface area contributed by atoms with Crippen LogP contribution in [0.4, 0.5) is 0 Å². The fraction of sp³-hybridized carbons (Fsp3) is 0.0625. The summed E-state index contributed by atoms with van der Waals surface area (Å²) in [5.41, 5.74) is 15.1. The van der Waals surface area contributed by atoms with Crippen molar-refractivity contribution in [1.29, 1.82) is 0 Å². The molecular formula is C48H35N3. The van der Waals surface area contributed by atoms with E-state index < -0.39 is 0 Å². The van der Waals surface area contributed by atoms with Crippen LogP contribution >= 0.6 is 0 Å². The number of hydrogen-bond acceptors (Lipinski definition) is 3. The Bertz CT molecular complexity index is 2530. The van der Waals surface area contributed by atoms with Gasteiger partial charge in [-0.15, -0.1) is 0 Å². The summed E-state index contributed by atoms with van der Waals surface area (Å²) >= 11 is 0. The molecule has 1 aromatic heterocycles. The van der Waals surface area contributed by atoms with E-state index >= 15 is 0 Å². The van der Waals surface area contributed by atoms with Gasteiger partial charge in [0, 0.05) is 22.1 Å². The van der Waals surface area contributed by atoms with E-state index in [0.717, 1.165) is 27.8 Å². The summed E-state index contributed by atoms with van der Waals surface area (Å²) in [4.78, 5) is 15.1. The van der Waals surface area contributed by atoms with Gasteiger partial charge < -0.3 is 0 Å². The van der Waals surface area contributed by atoms with E-state index in [1.165, 1.54) is 44.5 Å². The first-order valence-electron chi connectivity index (χ1n) is 17.4. The van der Waals surface area contributed by atoms with E-state index in [1.807, 2.05) is 18.2 Å². The predicted molar refractivity (Wildman–Crippen MR) is 210 cm³/mol. The van der Waals surface area contributed by atoms with Gasteiger partial charge in [0.25, 0.3) is 0 Å². The van der Waals surface area contributed by atoms with Crippen molar-refractivity contribution >= 4 is 0 Å². The van der Waals surface area contributed by atoms with Crippen LogP contribution in [0.3, 0.4) is 0 Å². The summed E-state index contributed by atoms with van der Waals surface area (Å²) in [6.45, 7) is 4.60. The number of benzene rings is 7. The first-order chi connectivity index (χ1) is 25.0. The second kappa shape index (κ2) is 12.5. The standard InChI is InChI=1S/C48H35N3/c1-48(2)43-22-10-9-21-41(43)42-28-27-40(31-44(42)48)47-50-45(34-15-7-4-8-16-34)49-46(51-47)35-25-23-33(24-26-35)37-18-12-20-39(30-37)38-19-11-17-36(29-38)32-13-5-3-6-14-32/h3-31H,1-2H3. The van der Waals surface area contributed by atoms with Gasteiger partial charge in [-0.3, -0.25) is 0 Å². The maximum Gasteiger partial charge on any atom is 0.164 e. The topological polar surface area (TPSA) is 38.7 Å². The molecule has 51 heavy (non-hydrogen) atoms. The number of fused-ring (bicyclic) bond motifs is 3. The molecule has 0 spiro atoms. The van der Waals surface area contributed by atoms with Gasteiger partial charge in [0.2, 0.25) is 0 Å². The van der Waals surface area contributed by atoms with Crippen molar-refractivity contribution in [3.63, 3.8) is 0 Å². The monoisotopic (exact) mass is 653 g/mol. The molecule has 0 amide bonds. The first-order valence-corrected chi connectivity index (χ1v) is 17.4. The van der Waals surface area contributed by atoms with Gasteiger partial charge in [-0.2, -0.15) is 0 Å². The molecule has 7 aromatic carbocycles. The minimum absolute atomic E-state index is 0.113. The second-order valence-electron chi connectivity index (χ2n) is 13.7. The molecule has 242 valence electrons. The Kier molecular flexibility index (Phi) is 7.48. The Morgan fingerprint density at radius 1 is 0.294 bits per heavy atom. The number of rotatable bonds is 6. The van der Waals surface area contributed by atoms with Gasteiger partial charge in [-0.1, -0.05) is 172 Å². The quantitative estimate of drug-likeness (QED) is 0.179. The number of hydrogen-bond donors (Lipinski definition) is 0. The van der Waals surface area contributed by atoms with Crippen molar-refractivity contribution in [3.8, 4) is 78.7 Å². The molecule has 0 saturated carbocycles. The molecule has 1 heterocycles. The third-order valence-electron chi connectivity index (χ3n) is 10.2. The molecule has 0 fully saturated rings. The third-order valence-corrected chi connectivity index (χ3v) is 10.2. The van der Waals surface area contributed by atoms with Gasteiger partial charge in [0.05, 0.1) is 0 Å². The lowest BCUT2D eigenvalue weighted by Crippen LogP contribution is -2.15. The van der Waals surface area contributed by atoms with Crippen LogP contribution in [0, 0.1) is 0 Å². The van der Waals surface area contributed by atoms with Crippen LogP contribution in [0.2, 0.25) is 0 Å². The van der Waals surface area contributed by atoms with Crippen LogP contribution in [-0.4, -0.2) is 15.0 Å². The van der Waals surface area contributed by atoms with Crippen LogP contribution in [0.5, 0.6) is 0 Å². The molecule has 0 bridgehead atoms. The summed E-state index contributed by atoms with van der Waals surface area (Å²) in [6.07, 6.45) is 0. The molecule has 3 nitrogen and oxygen atoms in total. The van der Waals surface area contributed by atoms with Crippen molar-refractivity contribution in [2.24, 2.45) is 0 Å². The molecule has 1 aliphatic rings. The van der Waals surface area contributed by atoms with Gasteiger partial charge in [-0.05, 0) is 73.8 Å². The average molecular weight is 654 g/mol. The summed E-state index contributed by atoms with van der Waals surface area (Å²) in [5.74, 6) is 1.98. The largest absolute Gasteiger partial charge is 0.208 e. The molecule has 0 saturated heterocycles. The van der Waals surface area contributed by atoms with E-state index in [2.05, 4.69) is 172 Å². The molecule has 3 heteroatoms. The molecule has 0 aliphatic heterocycles. The summed E-state index contributed by atoms with van der Waals surface area (Å²) in [7, 11) is 0. The zero-order valence-corrected chi connectivity index (χ0v) is 28.6. The number of nitrogens with zero attached hydrogens (tertiary/aromatic N) is 3. The third kappa shape index (κ3) is 5.63. The van der Waals surface area contributed by atoms with Gasteiger partial charge >= 0.3 is 0 Å². The Balaban J connectivity index is 1.07. The molecule has 0 atom stereocenters. The van der Waals surface area contributed by atoms with Crippen LogP contribution in [0.1, 0.15) is 25.0 Å². The van der Waals surface area contributed by atoms with E-state index in [0.29, 0.717) is 17.5 Å². The molecular weight excluding hydrogens is 619 g/mol. The molecule has 0 radical (unpaired) electrons. The van der Waals surface area contributed by atoms with Crippen molar-refractivity contribution in [2.75, 3.05) is 0 Å². The zero-order valence-electron chi connectivity index (χ0n) is 28.6. The average Bonchev–Trinajstić information content (AvgIpc) is 3.44. The van der Waals surface area contributed by atoms with Gasteiger partial charge in [0.1, 0.15) is 0 Å². The Labute approximate surface area is 299 Å². The fourth-order valence-corrected chi connectivity index (χ4v) is 7.39. The first kappa shape index (κ1) is 30.6. The minimum atomic E-state index is -0.113. The van der Waals surface area contributed by atoms with Crippen molar-refractivity contribution in [2.45, 2.75) is 19.3 Å². The van der Waals surface area contributed by atoms with Crippen molar-refractivity contribution < 1.29 is 0 Å². The lowest BCUT2D eigenvalue weighted by Gasteiger charge is -2.21. The van der Waals surface area contributed by atoms with Gasteiger partial charge in [0.15, 0.2) is 17.5 Å². The Morgan fingerprint density at radius 2 is 0.686 bits per heavy atom. The predicted octanol–water partition coefficient (Wildman–Crippen LogP) is 12.2. The van der Waals surface area contributed by atoms with Crippen LogP contribution < -0.4 is 0 Å². The molecule has 0 unspecified atom stereocenters. The molecule has 0 N–H and O–H groups in total. The SMILES string of the molecule is CC1(C)c2ccccc2-c2ccc(-c3nc(-c4ccccc4)nc(-c4ccc(-c5cccc(-c6cccc(-c7ccccc7)c6)c5)cc4)n3)cc21. The maximum absolute atomic E-state index is 5.09. The van der Waals surface area contributed by atoms with E-state index in [4.69, 9.17) is 15.0 Å². The summed E-state index contributed by atoms with van der Waals surface area (Å²) in [5, 5.41) is 0. The minimum Gasteiger partial charge on any atom is -0.208 e. The second-order valence-corrected chi connectivity index (χ2v) is 13.7. The Hall–Kier alpha value is -6.45. The number of aromatic nitrogens is 3. The summed E-state index contributed by atoms with van der Waals surface area (Å²) < 4.78 is 0. The molecule has 8 aromatic rings. The van der Waals surface area contributed by atoms with Gasteiger partial charge in [-0.25, -0.2) is 15.0 Å². The smallest absolute Gasteiger partial charge is 0.164 e. The molecule has 9 rings (SSSR count). The highest BCUT2D eigenvalue weighted by Crippen LogP contribution is 2.49. The zero-order chi connectivity index (χ0) is 34.4. The highest BCUT2D eigenvalue weighted by Gasteiger charge is 2.35. The van der Waals surface area contributed by atoms with Crippen molar-refractivity contribution in [1.82, 2.24) is 15.0 Å². The maximum atomic E-state index is 5.09. The fourth-order valence-electron chi connectivity index (χ4n) is 7.39. The normalized spacial score (nSPS) is 12.7. The van der Waals surface area contributed by atoms with E-state index in [1.54, 1.807) is 0 Å².